The SMILES string of the molecule is Nc1cccc2c1NCC2c1nc(Cl)ncc1F. The van der Waals surface area contributed by atoms with Crippen molar-refractivity contribution in [3.63, 3.8) is 0 Å². The molecule has 4 nitrogen and oxygen atoms in total. The fraction of sp³-hybridized carbons (Fsp3) is 0.167. The standard InChI is InChI=1S/C12H10ClFN4/c13-12-17-5-8(14)10(18-12)7-4-16-11-6(7)2-1-3-9(11)15/h1-3,5,7,16H,4,15H2. The van der Waals surface area contributed by atoms with E-state index in [2.05, 4.69) is 15.3 Å². The first-order valence-electron chi connectivity index (χ1n) is 5.47. The molecule has 0 bridgehead atoms. The minimum Gasteiger partial charge on any atom is -0.397 e. The molecule has 92 valence electrons. The Kier molecular flexibility index (Phi) is 2.56. The fourth-order valence-electron chi connectivity index (χ4n) is 2.24. The van der Waals surface area contributed by atoms with Crippen LogP contribution in [0.15, 0.2) is 24.4 Å². The lowest BCUT2D eigenvalue weighted by Gasteiger charge is -2.10. The number of rotatable bonds is 1. The second-order valence-electron chi connectivity index (χ2n) is 4.12. The molecular weight excluding hydrogens is 255 g/mol. The molecule has 2 heterocycles. The molecule has 0 saturated heterocycles. The molecule has 6 heteroatoms. The van der Waals surface area contributed by atoms with Crippen molar-refractivity contribution in [2.45, 2.75) is 5.92 Å². The maximum Gasteiger partial charge on any atom is 0.222 e. The molecule has 1 aliphatic heterocycles. The molecular formula is C12H10ClFN4. The summed E-state index contributed by atoms with van der Waals surface area (Å²) in [4.78, 5) is 7.60. The molecule has 3 N–H and O–H groups in total. The Balaban J connectivity index is 2.12. The highest BCUT2D eigenvalue weighted by Gasteiger charge is 2.28. The van der Waals surface area contributed by atoms with Gasteiger partial charge >= 0.3 is 0 Å². The Hall–Kier alpha value is -1.88. The molecule has 1 aliphatic rings. The Morgan fingerprint density at radius 2 is 2.28 bits per heavy atom. The highest BCUT2D eigenvalue weighted by atomic mass is 35.5. The van der Waals surface area contributed by atoms with Crippen LogP contribution in [-0.4, -0.2) is 16.5 Å². The van der Waals surface area contributed by atoms with Crippen molar-refractivity contribution in [3.8, 4) is 0 Å². The summed E-state index contributed by atoms with van der Waals surface area (Å²) in [6.45, 7) is 0.549. The smallest absolute Gasteiger partial charge is 0.222 e. The van der Waals surface area contributed by atoms with Gasteiger partial charge in [0, 0.05) is 12.5 Å². The van der Waals surface area contributed by atoms with Crippen LogP contribution in [0.5, 0.6) is 0 Å². The summed E-state index contributed by atoms with van der Waals surface area (Å²) in [5.41, 5.74) is 8.59. The lowest BCUT2D eigenvalue weighted by molar-refractivity contribution is 0.582. The predicted molar refractivity (Wildman–Crippen MR) is 68.2 cm³/mol. The lowest BCUT2D eigenvalue weighted by atomic mass is 9.97. The van der Waals surface area contributed by atoms with Crippen molar-refractivity contribution in [3.05, 3.63) is 46.8 Å². The second-order valence-corrected chi connectivity index (χ2v) is 4.46. The first kappa shape index (κ1) is 11.2. The number of halogens is 2. The number of hydrogen-bond donors (Lipinski definition) is 2. The summed E-state index contributed by atoms with van der Waals surface area (Å²) in [6, 6.07) is 5.55. The van der Waals surface area contributed by atoms with Crippen molar-refractivity contribution < 1.29 is 4.39 Å². The van der Waals surface area contributed by atoms with Gasteiger partial charge in [-0.1, -0.05) is 12.1 Å². The van der Waals surface area contributed by atoms with Crippen LogP contribution in [0.4, 0.5) is 15.8 Å². The Bertz CT molecular complexity index is 617. The summed E-state index contributed by atoms with van der Waals surface area (Å²) in [6.07, 6.45) is 1.09. The Morgan fingerprint density at radius 3 is 3.11 bits per heavy atom. The molecule has 3 rings (SSSR count). The van der Waals surface area contributed by atoms with Gasteiger partial charge in [0.1, 0.15) is 0 Å². The van der Waals surface area contributed by atoms with Crippen LogP contribution in [-0.2, 0) is 0 Å². The number of benzene rings is 1. The molecule has 0 aliphatic carbocycles. The van der Waals surface area contributed by atoms with Gasteiger partial charge in [0.2, 0.25) is 5.28 Å². The van der Waals surface area contributed by atoms with Crippen LogP contribution < -0.4 is 11.1 Å². The monoisotopic (exact) mass is 264 g/mol. The van der Waals surface area contributed by atoms with Crippen LogP contribution >= 0.6 is 11.6 Å². The van der Waals surface area contributed by atoms with Gasteiger partial charge in [0.25, 0.3) is 0 Å². The summed E-state index contributed by atoms with van der Waals surface area (Å²) in [5, 5.41) is 3.21. The highest BCUT2D eigenvalue weighted by molar-refractivity contribution is 6.28. The molecule has 1 unspecified atom stereocenters. The van der Waals surface area contributed by atoms with Crippen LogP contribution in [0.3, 0.4) is 0 Å². The van der Waals surface area contributed by atoms with Crippen molar-refractivity contribution in [2.75, 3.05) is 17.6 Å². The van der Waals surface area contributed by atoms with Gasteiger partial charge in [-0.2, -0.15) is 0 Å². The Morgan fingerprint density at radius 1 is 1.44 bits per heavy atom. The van der Waals surface area contributed by atoms with Crippen molar-refractivity contribution in [1.29, 1.82) is 0 Å². The lowest BCUT2D eigenvalue weighted by Crippen LogP contribution is -2.09. The zero-order valence-electron chi connectivity index (χ0n) is 9.32. The van der Waals surface area contributed by atoms with E-state index in [-0.39, 0.29) is 11.2 Å². The van der Waals surface area contributed by atoms with Crippen molar-refractivity contribution in [1.82, 2.24) is 9.97 Å². The quantitative estimate of drug-likeness (QED) is 0.613. The van der Waals surface area contributed by atoms with E-state index in [4.69, 9.17) is 17.3 Å². The molecule has 1 aromatic heterocycles. The molecule has 1 aromatic carbocycles. The van der Waals surface area contributed by atoms with Crippen molar-refractivity contribution in [2.24, 2.45) is 0 Å². The van der Waals surface area contributed by atoms with Crippen LogP contribution in [0.2, 0.25) is 5.28 Å². The third kappa shape index (κ3) is 1.67. The molecule has 1 atom stereocenters. The van der Waals surface area contributed by atoms with Crippen LogP contribution in [0, 0.1) is 5.82 Å². The highest BCUT2D eigenvalue weighted by Crippen LogP contribution is 2.39. The minimum atomic E-state index is -0.457. The third-order valence-electron chi connectivity index (χ3n) is 3.06. The second kappa shape index (κ2) is 4.10. The number of nitrogens with one attached hydrogen (secondary N) is 1. The van der Waals surface area contributed by atoms with E-state index in [0.717, 1.165) is 17.4 Å². The van der Waals surface area contributed by atoms with E-state index in [1.807, 2.05) is 12.1 Å². The largest absolute Gasteiger partial charge is 0.397 e. The predicted octanol–water partition coefficient (Wildman–Crippen LogP) is 2.41. The van der Waals surface area contributed by atoms with E-state index in [0.29, 0.717) is 17.9 Å². The Labute approximate surface area is 108 Å². The third-order valence-corrected chi connectivity index (χ3v) is 3.24. The zero-order valence-corrected chi connectivity index (χ0v) is 10.1. The first-order valence-corrected chi connectivity index (χ1v) is 5.85. The van der Waals surface area contributed by atoms with Gasteiger partial charge in [-0.3, -0.25) is 0 Å². The number of nitrogens with zero attached hydrogens (tertiary/aromatic N) is 2. The molecule has 0 amide bonds. The number of para-hydroxylation sites is 1. The van der Waals surface area contributed by atoms with Gasteiger partial charge in [-0.25, -0.2) is 14.4 Å². The average molecular weight is 265 g/mol. The number of anilines is 2. The maximum absolute atomic E-state index is 13.8. The summed E-state index contributed by atoms with van der Waals surface area (Å²) < 4.78 is 13.8. The van der Waals surface area contributed by atoms with E-state index < -0.39 is 5.82 Å². The average Bonchev–Trinajstić information content (AvgIpc) is 2.77. The molecule has 0 saturated carbocycles. The normalized spacial score (nSPS) is 17.3. The van der Waals surface area contributed by atoms with Crippen LogP contribution in [0.25, 0.3) is 0 Å². The topological polar surface area (TPSA) is 63.8 Å². The van der Waals surface area contributed by atoms with Gasteiger partial charge in [0.15, 0.2) is 5.82 Å². The first-order chi connectivity index (χ1) is 8.66. The van der Waals surface area contributed by atoms with Crippen molar-refractivity contribution >= 4 is 23.0 Å². The van der Waals surface area contributed by atoms with E-state index >= 15 is 0 Å². The minimum absolute atomic E-state index is 0.0451. The number of fused-ring (bicyclic) bond motifs is 1. The number of nitrogens with two attached hydrogens (primary N) is 1. The molecule has 18 heavy (non-hydrogen) atoms. The van der Waals surface area contributed by atoms with Gasteiger partial charge in [-0.15, -0.1) is 0 Å². The van der Waals surface area contributed by atoms with Crippen LogP contribution in [0.1, 0.15) is 17.2 Å². The summed E-state index contributed by atoms with van der Waals surface area (Å²) in [5.74, 6) is -0.648. The van der Waals surface area contributed by atoms with Gasteiger partial charge in [0.05, 0.1) is 23.3 Å². The number of hydrogen-bond acceptors (Lipinski definition) is 4. The number of aromatic nitrogens is 2. The number of nitrogen functional groups attached to an aromatic ring is 1. The van der Waals surface area contributed by atoms with Gasteiger partial charge in [-0.05, 0) is 23.2 Å². The van der Waals surface area contributed by atoms with E-state index in [9.17, 15) is 4.39 Å². The molecule has 0 radical (unpaired) electrons. The maximum atomic E-state index is 13.8. The molecule has 2 aromatic rings. The van der Waals surface area contributed by atoms with E-state index in [1.165, 1.54) is 0 Å². The fourth-order valence-corrected chi connectivity index (χ4v) is 2.38. The molecule has 0 fully saturated rings. The summed E-state index contributed by atoms with van der Waals surface area (Å²) >= 11 is 5.72. The van der Waals surface area contributed by atoms with E-state index in [1.54, 1.807) is 6.07 Å². The zero-order chi connectivity index (χ0) is 12.7. The van der Waals surface area contributed by atoms with Gasteiger partial charge < -0.3 is 11.1 Å². The molecule has 0 spiro atoms. The summed E-state index contributed by atoms with van der Waals surface area (Å²) in [7, 11) is 0.